The van der Waals surface area contributed by atoms with Crippen LogP contribution < -0.4 is 10.2 Å². The monoisotopic (exact) mass is 370 g/mol. The van der Waals surface area contributed by atoms with Crippen LogP contribution in [0.15, 0.2) is 41.9 Å². The zero-order valence-corrected chi connectivity index (χ0v) is 14.8. The number of anilines is 3. The van der Waals surface area contributed by atoms with Gasteiger partial charge < -0.3 is 25.0 Å². The molecule has 0 aliphatic carbocycles. The minimum absolute atomic E-state index is 0.154. The maximum atomic E-state index is 11.0. The van der Waals surface area contributed by atoms with Gasteiger partial charge in [-0.05, 0) is 30.3 Å². The lowest BCUT2D eigenvalue weighted by Crippen LogP contribution is -2.36. The van der Waals surface area contributed by atoms with Crippen LogP contribution in [0.4, 0.5) is 16.5 Å². The number of nitrogens with one attached hydrogen (secondary N) is 2. The average molecular weight is 370 g/mol. The Hall–Kier alpha value is -2.84. The number of hydrogen-bond donors (Lipinski definition) is 3. The Morgan fingerprint density at radius 3 is 2.73 bits per heavy atom. The number of nitrogens with zero attached hydrogens (tertiary/aromatic N) is 2. The SMILES string of the molecule is O=C(O)c1cc(-c2csc(Nc3ccc(N4CCOCC4)cc3)n2)c[nH]1. The van der Waals surface area contributed by atoms with Crippen LogP contribution in [-0.2, 0) is 4.74 Å². The van der Waals surface area contributed by atoms with Crippen molar-refractivity contribution >= 4 is 33.8 Å². The van der Waals surface area contributed by atoms with Gasteiger partial charge in [0.2, 0.25) is 0 Å². The number of rotatable bonds is 5. The molecule has 0 atom stereocenters. The number of carboxylic acids is 1. The molecule has 1 saturated heterocycles. The van der Waals surface area contributed by atoms with Gasteiger partial charge in [0.25, 0.3) is 0 Å². The first kappa shape index (κ1) is 16.6. The van der Waals surface area contributed by atoms with Gasteiger partial charge in [-0.25, -0.2) is 9.78 Å². The van der Waals surface area contributed by atoms with Crippen molar-refractivity contribution < 1.29 is 14.6 Å². The normalized spacial score (nSPS) is 14.4. The highest BCUT2D eigenvalue weighted by Crippen LogP contribution is 2.28. The third-order valence-electron chi connectivity index (χ3n) is 4.21. The minimum atomic E-state index is -0.981. The Bertz CT molecular complexity index is 897. The van der Waals surface area contributed by atoms with Gasteiger partial charge in [-0.3, -0.25) is 0 Å². The number of aromatic carboxylic acids is 1. The fourth-order valence-electron chi connectivity index (χ4n) is 2.83. The second-order valence-corrected chi connectivity index (χ2v) is 6.77. The third kappa shape index (κ3) is 3.56. The summed E-state index contributed by atoms with van der Waals surface area (Å²) in [5.74, 6) is -0.981. The predicted molar refractivity (Wildman–Crippen MR) is 102 cm³/mol. The van der Waals surface area contributed by atoms with Gasteiger partial charge in [-0.2, -0.15) is 0 Å². The summed E-state index contributed by atoms with van der Waals surface area (Å²) in [5.41, 5.74) is 3.80. The van der Waals surface area contributed by atoms with Crippen molar-refractivity contribution in [1.29, 1.82) is 0 Å². The van der Waals surface area contributed by atoms with Gasteiger partial charge >= 0.3 is 5.97 Å². The van der Waals surface area contributed by atoms with E-state index in [2.05, 4.69) is 32.3 Å². The topological polar surface area (TPSA) is 90.5 Å². The van der Waals surface area contributed by atoms with E-state index in [4.69, 9.17) is 9.84 Å². The number of benzene rings is 1. The highest BCUT2D eigenvalue weighted by Gasteiger charge is 2.12. The van der Waals surface area contributed by atoms with Crippen LogP contribution in [0.1, 0.15) is 10.5 Å². The molecule has 134 valence electrons. The summed E-state index contributed by atoms with van der Waals surface area (Å²) in [4.78, 5) is 20.5. The maximum absolute atomic E-state index is 11.0. The van der Waals surface area contributed by atoms with Crippen LogP contribution in [0, 0.1) is 0 Å². The van der Waals surface area contributed by atoms with E-state index in [1.807, 2.05) is 17.5 Å². The molecule has 1 aliphatic heterocycles. The van der Waals surface area contributed by atoms with E-state index in [1.165, 1.54) is 17.0 Å². The molecule has 0 bridgehead atoms. The van der Waals surface area contributed by atoms with Crippen molar-refractivity contribution in [2.75, 3.05) is 36.5 Å². The molecule has 4 rings (SSSR count). The van der Waals surface area contributed by atoms with E-state index >= 15 is 0 Å². The third-order valence-corrected chi connectivity index (χ3v) is 4.97. The molecule has 0 amide bonds. The molecule has 8 heteroatoms. The molecule has 1 aromatic carbocycles. The summed E-state index contributed by atoms with van der Waals surface area (Å²) in [6, 6.07) is 9.83. The van der Waals surface area contributed by atoms with Crippen LogP contribution in [-0.4, -0.2) is 47.3 Å². The maximum Gasteiger partial charge on any atom is 0.352 e. The van der Waals surface area contributed by atoms with Gasteiger partial charge in [0.05, 0.1) is 18.9 Å². The number of thiazole rings is 1. The van der Waals surface area contributed by atoms with E-state index in [1.54, 1.807) is 12.3 Å². The second-order valence-electron chi connectivity index (χ2n) is 5.92. The molecule has 0 radical (unpaired) electrons. The molecule has 0 spiro atoms. The molecule has 0 saturated carbocycles. The highest BCUT2D eigenvalue weighted by molar-refractivity contribution is 7.14. The lowest BCUT2D eigenvalue weighted by molar-refractivity contribution is 0.0691. The fourth-order valence-corrected chi connectivity index (χ4v) is 3.57. The zero-order valence-electron chi connectivity index (χ0n) is 13.9. The second kappa shape index (κ2) is 7.19. The number of carbonyl (C=O) groups is 1. The van der Waals surface area contributed by atoms with Crippen LogP contribution in [0.3, 0.4) is 0 Å². The number of aromatic amines is 1. The first-order valence-corrected chi connectivity index (χ1v) is 9.14. The number of carboxylic acid groups (broad SMARTS) is 1. The molecule has 1 fully saturated rings. The summed E-state index contributed by atoms with van der Waals surface area (Å²) in [6.07, 6.45) is 1.65. The smallest absolute Gasteiger partial charge is 0.352 e. The minimum Gasteiger partial charge on any atom is -0.477 e. The first-order valence-electron chi connectivity index (χ1n) is 8.26. The summed E-state index contributed by atoms with van der Waals surface area (Å²) in [5, 5.41) is 14.9. The molecule has 26 heavy (non-hydrogen) atoms. The predicted octanol–water partition coefficient (Wildman–Crippen LogP) is 3.42. The molecular formula is C18H18N4O3S. The van der Waals surface area contributed by atoms with Crippen LogP contribution in [0.5, 0.6) is 0 Å². The fraction of sp³-hybridized carbons (Fsp3) is 0.222. The lowest BCUT2D eigenvalue weighted by Gasteiger charge is -2.28. The van der Waals surface area contributed by atoms with Crippen molar-refractivity contribution in [2.45, 2.75) is 0 Å². The number of H-pyrrole nitrogens is 1. The summed E-state index contributed by atoms with van der Waals surface area (Å²) < 4.78 is 5.38. The van der Waals surface area contributed by atoms with E-state index < -0.39 is 5.97 Å². The van der Waals surface area contributed by atoms with E-state index in [-0.39, 0.29) is 5.69 Å². The first-order chi connectivity index (χ1) is 12.7. The Morgan fingerprint density at radius 2 is 2.04 bits per heavy atom. The molecule has 3 heterocycles. The van der Waals surface area contributed by atoms with Crippen LogP contribution >= 0.6 is 11.3 Å². The molecule has 3 aromatic rings. The highest BCUT2D eigenvalue weighted by atomic mass is 32.1. The van der Waals surface area contributed by atoms with Gasteiger partial charge in [0.1, 0.15) is 5.69 Å². The van der Waals surface area contributed by atoms with Crippen molar-refractivity contribution in [3.8, 4) is 11.3 Å². The Balaban J connectivity index is 1.44. The van der Waals surface area contributed by atoms with Gasteiger partial charge in [0, 0.05) is 41.6 Å². The molecule has 0 unspecified atom stereocenters. The van der Waals surface area contributed by atoms with Gasteiger partial charge in [-0.15, -0.1) is 11.3 Å². The van der Waals surface area contributed by atoms with Crippen molar-refractivity contribution in [3.63, 3.8) is 0 Å². The molecule has 3 N–H and O–H groups in total. The Morgan fingerprint density at radius 1 is 1.27 bits per heavy atom. The largest absolute Gasteiger partial charge is 0.477 e. The summed E-state index contributed by atoms with van der Waals surface area (Å²) in [6.45, 7) is 3.37. The van der Waals surface area contributed by atoms with E-state index in [0.717, 1.165) is 48.4 Å². The Kier molecular flexibility index (Phi) is 4.59. The molecule has 1 aliphatic rings. The Labute approximate surface area is 154 Å². The molecular weight excluding hydrogens is 352 g/mol. The van der Waals surface area contributed by atoms with Gasteiger partial charge in [-0.1, -0.05) is 0 Å². The molecule has 7 nitrogen and oxygen atoms in total. The zero-order chi connectivity index (χ0) is 17.9. The lowest BCUT2D eigenvalue weighted by atomic mass is 10.2. The van der Waals surface area contributed by atoms with Crippen molar-refractivity contribution in [2.24, 2.45) is 0 Å². The van der Waals surface area contributed by atoms with Crippen molar-refractivity contribution in [1.82, 2.24) is 9.97 Å². The summed E-state index contributed by atoms with van der Waals surface area (Å²) >= 11 is 1.48. The van der Waals surface area contributed by atoms with Crippen LogP contribution in [0.25, 0.3) is 11.3 Å². The molecule has 2 aromatic heterocycles. The van der Waals surface area contributed by atoms with Gasteiger partial charge in [0.15, 0.2) is 5.13 Å². The quantitative estimate of drug-likeness (QED) is 0.638. The summed E-state index contributed by atoms with van der Waals surface area (Å²) in [7, 11) is 0. The number of hydrogen-bond acceptors (Lipinski definition) is 6. The number of aromatic nitrogens is 2. The van der Waals surface area contributed by atoms with E-state index in [0.29, 0.717) is 0 Å². The standard InChI is InChI=1S/C18H18N4O3S/c23-17(24)15-9-12(10-19-15)16-11-26-18(21-16)20-13-1-3-14(4-2-13)22-5-7-25-8-6-22/h1-4,9-11,19H,5-8H2,(H,20,21)(H,23,24). The van der Waals surface area contributed by atoms with E-state index in [9.17, 15) is 4.79 Å². The average Bonchev–Trinajstić information content (AvgIpc) is 3.32. The van der Waals surface area contributed by atoms with Crippen molar-refractivity contribution in [3.05, 3.63) is 47.6 Å². The van der Waals surface area contributed by atoms with Crippen LogP contribution in [0.2, 0.25) is 0 Å². The number of ether oxygens (including phenoxy) is 1. The number of morpholine rings is 1.